The third-order valence-electron chi connectivity index (χ3n) is 3.45. The quantitative estimate of drug-likeness (QED) is 0.680. The third-order valence-corrected chi connectivity index (χ3v) is 4.43. The maximum Gasteiger partial charge on any atom is 0.221 e. The lowest BCUT2D eigenvalue weighted by atomic mass is 10.0. The number of rotatable bonds is 7. The summed E-state index contributed by atoms with van der Waals surface area (Å²) in [6.07, 6.45) is 1.06. The molecule has 5 nitrogen and oxygen atoms in total. The first kappa shape index (κ1) is 16.6. The molecular formula is C16H22N4OS. The van der Waals surface area contributed by atoms with Crippen LogP contribution in [-0.2, 0) is 4.79 Å². The average Bonchev–Trinajstić information content (AvgIpc) is 2.94. The molecule has 6 heteroatoms. The first-order valence-corrected chi connectivity index (χ1v) is 8.22. The van der Waals surface area contributed by atoms with Crippen LogP contribution in [0.15, 0.2) is 29.8 Å². The Kier molecular flexibility index (Phi) is 6.06. The SMILES string of the molecule is Cc1ncsc1-c1ccc([C@@H](N)CC(=O)NCCCN)cc1. The normalized spacial score (nSPS) is 12.1. The molecular weight excluding hydrogens is 296 g/mol. The standard InChI is InChI=1S/C16H22N4OS/c1-11-16(22-10-20-11)13-5-3-12(4-6-13)14(18)9-15(21)19-8-2-7-17/h3-6,10,14H,2,7-9,17-18H2,1H3,(H,19,21)/t14-/m0/s1. The molecule has 0 fully saturated rings. The van der Waals surface area contributed by atoms with E-state index >= 15 is 0 Å². The monoisotopic (exact) mass is 318 g/mol. The summed E-state index contributed by atoms with van der Waals surface area (Å²) in [5.41, 5.74) is 16.5. The molecule has 118 valence electrons. The lowest BCUT2D eigenvalue weighted by molar-refractivity contribution is -0.121. The van der Waals surface area contributed by atoms with Gasteiger partial charge in [-0.3, -0.25) is 4.79 Å². The van der Waals surface area contributed by atoms with E-state index in [0.717, 1.165) is 23.2 Å². The molecule has 1 heterocycles. The summed E-state index contributed by atoms with van der Waals surface area (Å²) in [6, 6.07) is 7.72. The molecule has 1 aromatic carbocycles. The van der Waals surface area contributed by atoms with Crippen molar-refractivity contribution in [2.75, 3.05) is 13.1 Å². The number of aromatic nitrogens is 1. The first-order valence-electron chi connectivity index (χ1n) is 7.34. The number of nitrogens with zero attached hydrogens (tertiary/aromatic N) is 1. The Morgan fingerprint density at radius 2 is 2.09 bits per heavy atom. The number of amides is 1. The predicted molar refractivity (Wildman–Crippen MR) is 90.5 cm³/mol. The molecule has 0 spiro atoms. The number of carbonyl (C=O) groups is 1. The van der Waals surface area contributed by atoms with E-state index in [4.69, 9.17) is 11.5 Å². The Hall–Kier alpha value is -1.76. The molecule has 5 N–H and O–H groups in total. The number of hydrogen-bond donors (Lipinski definition) is 3. The minimum atomic E-state index is -0.297. The molecule has 0 aliphatic heterocycles. The third kappa shape index (κ3) is 4.37. The molecule has 0 bridgehead atoms. The van der Waals surface area contributed by atoms with Crippen LogP contribution < -0.4 is 16.8 Å². The highest BCUT2D eigenvalue weighted by Gasteiger charge is 2.12. The zero-order valence-electron chi connectivity index (χ0n) is 12.7. The van der Waals surface area contributed by atoms with Gasteiger partial charge in [0.1, 0.15) is 0 Å². The Bertz CT molecular complexity index is 609. The Balaban J connectivity index is 1.95. The second-order valence-corrected chi connectivity index (χ2v) is 6.05. The molecule has 0 radical (unpaired) electrons. The van der Waals surface area contributed by atoms with Gasteiger partial charge in [0.15, 0.2) is 0 Å². The number of carbonyl (C=O) groups excluding carboxylic acids is 1. The minimum Gasteiger partial charge on any atom is -0.356 e. The molecule has 2 rings (SSSR count). The lowest BCUT2D eigenvalue weighted by Crippen LogP contribution is -2.29. The molecule has 2 aromatic rings. The van der Waals surface area contributed by atoms with Gasteiger partial charge in [-0.2, -0.15) is 0 Å². The van der Waals surface area contributed by atoms with Crippen LogP contribution in [0.4, 0.5) is 0 Å². The Labute approximate surface area is 134 Å². The first-order chi connectivity index (χ1) is 10.6. The maximum absolute atomic E-state index is 11.8. The van der Waals surface area contributed by atoms with E-state index in [1.807, 2.05) is 36.7 Å². The lowest BCUT2D eigenvalue weighted by Gasteiger charge is -2.12. The van der Waals surface area contributed by atoms with Crippen LogP contribution in [0.1, 0.15) is 30.1 Å². The van der Waals surface area contributed by atoms with Crippen molar-refractivity contribution in [1.82, 2.24) is 10.3 Å². The zero-order valence-corrected chi connectivity index (χ0v) is 13.5. The molecule has 0 saturated carbocycles. The van der Waals surface area contributed by atoms with Crippen molar-refractivity contribution in [3.05, 3.63) is 41.0 Å². The zero-order chi connectivity index (χ0) is 15.9. The summed E-state index contributed by atoms with van der Waals surface area (Å²) in [7, 11) is 0. The van der Waals surface area contributed by atoms with Crippen LogP contribution in [0.2, 0.25) is 0 Å². The van der Waals surface area contributed by atoms with Gasteiger partial charge in [0, 0.05) is 19.0 Å². The van der Waals surface area contributed by atoms with Gasteiger partial charge in [-0.05, 0) is 31.0 Å². The van der Waals surface area contributed by atoms with Gasteiger partial charge >= 0.3 is 0 Å². The average molecular weight is 318 g/mol. The van der Waals surface area contributed by atoms with E-state index in [2.05, 4.69) is 10.3 Å². The fraction of sp³-hybridized carbons (Fsp3) is 0.375. The van der Waals surface area contributed by atoms with Crippen LogP contribution in [0.5, 0.6) is 0 Å². The van der Waals surface area contributed by atoms with E-state index in [9.17, 15) is 4.79 Å². The molecule has 22 heavy (non-hydrogen) atoms. The van der Waals surface area contributed by atoms with Crippen LogP contribution in [-0.4, -0.2) is 24.0 Å². The highest BCUT2D eigenvalue weighted by atomic mass is 32.1. The number of hydrogen-bond acceptors (Lipinski definition) is 5. The molecule has 1 amide bonds. The fourth-order valence-electron chi connectivity index (χ4n) is 2.18. The molecule has 1 aromatic heterocycles. The van der Waals surface area contributed by atoms with Crippen molar-refractivity contribution >= 4 is 17.2 Å². The van der Waals surface area contributed by atoms with Crippen LogP contribution >= 0.6 is 11.3 Å². The summed E-state index contributed by atoms with van der Waals surface area (Å²) in [5.74, 6) is -0.0386. The van der Waals surface area contributed by atoms with Crippen LogP contribution in [0.3, 0.4) is 0 Å². The van der Waals surface area contributed by atoms with E-state index in [1.54, 1.807) is 11.3 Å². The van der Waals surface area contributed by atoms with Gasteiger partial charge in [0.05, 0.1) is 16.1 Å². The number of nitrogens with two attached hydrogens (primary N) is 2. The summed E-state index contributed by atoms with van der Waals surface area (Å²) in [5, 5.41) is 2.82. The van der Waals surface area contributed by atoms with Crippen LogP contribution in [0, 0.1) is 6.92 Å². The Morgan fingerprint density at radius 3 is 2.68 bits per heavy atom. The van der Waals surface area contributed by atoms with Crippen LogP contribution in [0.25, 0.3) is 10.4 Å². The van der Waals surface area contributed by atoms with Gasteiger partial charge < -0.3 is 16.8 Å². The van der Waals surface area contributed by atoms with E-state index in [0.29, 0.717) is 13.1 Å². The topological polar surface area (TPSA) is 94.0 Å². The molecule has 0 unspecified atom stereocenters. The van der Waals surface area contributed by atoms with E-state index in [-0.39, 0.29) is 18.4 Å². The minimum absolute atomic E-state index is 0.0386. The van der Waals surface area contributed by atoms with Crippen molar-refractivity contribution in [3.8, 4) is 10.4 Å². The smallest absolute Gasteiger partial charge is 0.221 e. The molecule has 0 aliphatic rings. The molecule has 1 atom stereocenters. The van der Waals surface area contributed by atoms with E-state index in [1.165, 1.54) is 4.88 Å². The van der Waals surface area contributed by atoms with Crippen molar-refractivity contribution in [2.45, 2.75) is 25.8 Å². The fourth-order valence-corrected chi connectivity index (χ4v) is 2.99. The van der Waals surface area contributed by atoms with Gasteiger partial charge in [-0.15, -0.1) is 11.3 Å². The van der Waals surface area contributed by atoms with Crippen molar-refractivity contribution in [1.29, 1.82) is 0 Å². The summed E-state index contributed by atoms with van der Waals surface area (Å²) >= 11 is 1.62. The number of benzene rings is 1. The van der Waals surface area contributed by atoms with E-state index < -0.39 is 0 Å². The van der Waals surface area contributed by atoms with Gasteiger partial charge in [-0.25, -0.2) is 4.98 Å². The maximum atomic E-state index is 11.8. The Morgan fingerprint density at radius 1 is 1.36 bits per heavy atom. The van der Waals surface area contributed by atoms with Gasteiger partial charge in [0.2, 0.25) is 5.91 Å². The number of thiazole rings is 1. The second kappa shape index (κ2) is 8.03. The summed E-state index contributed by atoms with van der Waals surface area (Å²) < 4.78 is 0. The van der Waals surface area contributed by atoms with Crippen molar-refractivity contribution in [2.24, 2.45) is 11.5 Å². The molecule has 0 aliphatic carbocycles. The largest absolute Gasteiger partial charge is 0.356 e. The molecule has 0 saturated heterocycles. The summed E-state index contributed by atoms with van der Waals surface area (Å²) in [6.45, 7) is 3.17. The van der Waals surface area contributed by atoms with Crippen molar-refractivity contribution in [3.63, 3.8) is 0 Å². The van der Waals surface area contributed by atoms with Gasteiger partial charge in [-0.1, -0.05) is 24.3 Å². The van der Waals surface area contributed by atoms with Gasteiger partial charge in [0.25, 0.3) is 0 Å². The number of nitrogens with one attached hydrogen (secondary N) is 1. The highest BCUT2D eigenvalue weighted by molar-refractivity contribution is 7.13. The van der Waals surface area contributed by atoms with Crippen molar-refractivity contribution < 1.29 is 4.79 Å². The number of aryl methyl sites for hydroxylation is 1. The summed E-state index contributed by atoms with van der Waals surface area (Å²) in [4.78, 5) is 17.2. The second-order valence-electron chi connectivity index (χ2n) is 5.19. The predicted octanol–water partition coefficient (Wildman–Crippen LogP) is 1.97. The highest BCUT2D eigenvalue weighted by Crippen LogP contribution is 2.28.